The van der Waals surface area contributed by atoms with Crippen LogP contribution in [0.25, 0.3) is 0 Å². The van der Waals surface area contributed by atoms with Gasteiger partial charge in [0.15, 0.2) is 0 Å². The zero-order valence-electron chi connectivity index (χ0n) is 12.9. The second-order valence-electron chi connectivity index (χ2n) is 5.78. The van der Waals surface area contributed by atoms with Gasteiger partial charge in [0.2, 0.25) is 5.72 Å². The smallest absolute Gasteiger partial charge is 0.331 e. The van der Waals surface area contributed by atoms with Gasteiger partial charge in [0.25, 0.3) is 5.56 Å². The van der Waals surface area contributed by atoms with Crippen LogP contribution in [0.5, 0.6) is 0 Å². The van der Waals surface area contributed by atoms with Crippen molar-refractivity contribution in [2.75, 3.05) is 6.61 Å². The second-order valence-corrected chi connectivity index (χ2v) is 5.78. The van der Waals surface area contributed by atoms with Gasteiger partial charge in [-0.3, -0.25) is 14.3 Å². The summed E-state index contributed by atoms with van der Waals surface area (Å²) in [6.07, 6.45) is -2.75. The molecule has 4 atom stereocenters. The van der Waals surface area contributed by atoms with Gasteiger partial charge in [0, 0.05) is 17.3 Å². The molecule has 1 fully saturated rings. The highest BCUT2D eigenvalue weighted by atomic mass is 16.6. The average molecular weight is 334 g/mol. The largest absolute Gasteiger partial charge is 0.394 e. The number of benzene rings is 1. The molecule has 0 saturated carbocycles. The van der Waals surface area contributed by atoms with Crippen LogP contribution in [-0.4, -0.2) is 49.8 Å². The van der Waals surface area contributed by atoms with E-state index in [2.05, 4.69) is 4.98 Å². The number of ether oxygens (including phenoxy) is 1. The highest BCUT2D eigenvalue weighted by molar-refractivity contribution is 5.28. The molecular weight excluding hydrogens is 316 g/mol. The Morgan fingerprint density at radius 1 is 1.25 bits per heavy atom. The van der Waals surface area contributed by atoms with Crippen LogP contribution in [-0.2, 0) is 10.5 Å². The van der Waals surface area contributed by atoms with Crippen molar-refractivity contribution in [3.8, 4) is 0 Å². The van der Waals surface area contributed by atoms with Crippen molar-refractivity contribution in [2.24, 2.45) is 0 Å². The summed E-state index contributed by atoms with van der Waals surface area (Å²) in [4.78, 5) is 26.2. The SMILES string of the molecule is Cc1cn([C@]2(c3ccccc3)O[C@H](CO)[C@@H](O)[C@H]2O)c(=O)[nH]c1=O. The van der Waals surface area contributed by atoms with E-state index < -0.39 is 41.9 Å². The molecule has 2 aromatic rings. The molecule has 0 unspecified atom stereocenters. The summed E-state index contributed by atoms with van der Waals surface area (Å²) < 4.78 is 6.81. The number of aryl methyl sites for hydroxylation is 1. The van der Waals surface area contributed by atoms with E-state index in [4.69, 9.17) is 4.74 Å². The molecule has 0 aliphatic carbocycles. The number of hydrogen-bond donors (Lipinski definition) is 4. The minimum atomic E-state index is -1.76. The molecule has 1 aliphatic rings. The van der Waals surface area contributed by atoms with Crippen LogP contribution in [0.1, 0.15) is 11.1 Å². The van der Waals surface area contributed by atoms with Gasteiger partial charge in [0.05, 0.1) is 6.61 Å². The lowest BCUT2D eigenvalue weighted by Crippen LogP contribution is -2.52. The molecule has 0 radical (unpaired) electrons. The van der Waals surface area contributed by atoms with Crippen molar-refractivity contribution in [1.29, 1.82) is 0 Å². The molecule has 4 N–H and O–H groups in total. The summed E-state index contributed by atoms with van der Waals surface area (Å²) in [6.45, 7) is 0.971. The molecule has 1 aliphatic heterocycles. The fourth-order valence-electron chi connectivity index (χ4n) is 3.02. The maximum atomic E-state index is 12.4. The average Bonchev–Trinajstić information content (AvgIpc) is 2.84. The van der Waals surface area contributed by atoms with E-state index in [0.29, 0.717) is 5.56 Å². The summed E-state index contributed by atoms with van der Waals surface area (Å²) in [6, 6.07) is 8.38. The molecule has 24 heavy (non-hydrogen) atoms. The summed E-state index contributed by atoms with van der Waals surface area (Å²) >= 11 is 0. The summed E-state index contributed by atoms with van der Waals surface area (Å²) in [5.74, 6) is 0. The van der Waals surface area contributed by atoms with Gasteiger partial charge in [-0.15, -0.1) is 0 Å². The molecule has 2 heterocycles. The van der Waals surface area contributed by atoms with Gasteiger partial charge in [-0.05, 0) is 6.92 Å². The molecule has 1 aromatic carbocycles. The number of hydrogen-bond acceptors (Lipinski definition) is 6. The van der Waals surface area contributed by atoms with E-state index in [1.54, 1.807) is 30.3 Å². The lowest BCUT2D eigenvalue weighted by molar-refractivity contribution is -0.120. The van der Waals surface area contributed by atoms with E-state index in [0.717, 1.165) is 4.57 Å². The summed E-state index contributed by atoms with van der Waals surface area (Å²) in [5.41, 5.74) is -2.46. The molecule has 8 nitrogen and oxygen atoms in total. The van der Waals surface area contributed by atoms with Gasteiger partial charge in [-0.2, -0.15) is 0 Å². The molecule has 1 aromatic heterocycles. The normalized spacial score (nSPS) is 29.8. The summed E-state index contributed by atoms with van der Waals surface area (Å²) in [7, 11) is 0. The zero-order chi connectivity index (χ0) is 17.5. The Labute approximate surface area is 136 Å². The van der Waals surface area contributed by atoms with E-state index in [-0.39, 0.29) is 5.56 Å². The van der Waals surface area contributed by atoms with Crippen molar-refractivity contribution in [3.05, 3.63) is 68.5 Å². The molecule has 0 spiro atoms. The number of aromatic nitrogens is 2. The Hall–Kier alpha value is -2.26. The van der Waals surface area contributed by atoms with Crippen molar-refractivity contribution >= 4 is 0 Å². The number of H-pyrrole nitrogens is 1. The van der Waals surface area contributed by atoms with Gasteiger partial charge in [-0.1, -0.05) is 30.3 Å². The number of rotatable bonds is 3. The fraction of sp³-hybridized carbons (Fsp3) is 0.375. The first-order valence-corrected chi connectivity index (χ1v) is 7.45. The van der Waals surface area contributed by atoms with E-state index in [1.165, 1.54) is 13.1 Å². The highest BCUT2D eigenvalue weighted by Crippen LogP contribution is 2.40. The maximum Gasteiger partial charge on any atom is 0.331 e. The lowest BCUT2D eigenvalue weighted by atomic mass is 9.94. The monoisotopic (exact) mass is 334 g/mol. The van der Waals surface area contributed by atoms with Gasteiger partial charge in [0.1, 0.15) is 18.3 Å². The van der Waals surface area contributed by atoms with Gasteiger partial charge >= 0.3 is 5.69 Å². The number of aromatic amines is 1. The Bertz CT molecular complexity index is 846. The lowest BCUT2D eigenvalue weighted by Gasteiger charge is -2.34. The van der Waals surface area contributed by atoms with E-state index in [9.17, 15) is 24.9 Å². The predicted octanol–water partition coefficient (Wildman–Crippen LogP) is -1.34. The minimum absolute atomic E-state index is 0.239. The topological polar surface area (TPSA) is 125 Å². The van der Waals surface area contributed by atoms with Crippen LogP contribution in [0.4, 0.5) is 0 Å². The first-order chi connectivity index (χ1) is 11.4. The fourth-order valence-corrected chi connectivity index (χ4v) is 3.02. The van der Waals surface area contributed by atoms with Gasteiger partial charge < -0.3 is 20.1 Å². The zero-order valence-corrected chi connectivity index (χ0v) is 12.9. The third-order valence-corrected chi connectivity index (χ3v) is 4.28. The molecule has 3 rings (SSSR count). The first kappa shape index (κ1) is 16.6. The van der Waals surface area contributed by atoms with E-state index >= 15 is 0 Å². The van der Waals surface area contributed by atoms with Crippen LogP contribution < -0.4 is 11.2 Å². The third kappa shape index (κ3) is 2.31. The predicted molar refractivity (Wildman–Crippen MR) is 83.6 cm³/mol. The van der Waals surface area contributed by atoms with Crippen molar-refractivity contribution < 1.29 is 20.1 Å². The quantitative estimate of drug-likeness (QED) is 0.551. The van der Waals surface area contributed by atoms with Crippen LogP contribution in [0.15, 0.2) is 46.1 Å². The minimum Gasteiger partial charge on any atom is -0.394 e. The van der Waals surface area contributed by atoms with Crippen molar-refractivity contribution in [2.45, 2.75) is 31.0 Å². The highest BCUT2D eigenvalue weighted by Gasteiger charge is 2.57. The number of aliphatic hydroxyl groups excluding tert-OH is 3. The van der Waals surface area contributed by atoms with Crippen LogP contribution in [0.3, 0.4) is 0 Å². The number of nitrogens with one attached hydrogen (secondary N) is 1. The number of aliphatic hydroxyl groups is 3. The third-order valence-electron chi connectivity index (χ3n) is 4.28. The Balaban J connectivity index is 2.31. The maximum absolute atomic E-state index is 12.4. The molecule has 0 amide bonds. The van der Waals surface area contributed by atoms with E-state index in [1.807, 2.05) is 0 Å². The van der Waals surface area contributed by atoms with Crippen LogP contribution >= 0.6 is 0 Å². The molecule has 8 heteroatoms. The van der Waals surface area contributed by atoms with Crippen LogP contribution in [0, 0.1) is 6.92 Å². The van der Waals surface area contributed by atoms with Gasteiger partial charge in [-0.25, -0.2) is 4.79 Å². The Morgan fingerprint density at radius 3 is 2.50 bits per heavy atom. The number of nitrogens with zero attached hydrogens (tertiary/aromatic N) is 1. The molecule has 128 valence electrons. The van der Waals surface area contributed by atoms with Crippen LogP contribution in [0.2, 0.25) is 0 Å². The molecule has 1 saturated heterocycles. The Kier molecular flexibility index (Phi) is 4.14. The van der Waals surface area contributed by atoms with Crippen molar-refractivity contribution in [1.82, 2.24) is 9.55 Å². The summed E-state index contributed by atoms with van der Waals surface area (Å²) in [5, 5.41) is 30.3. The second kappa shape index (κ2) is 5.99. The van der Waals surface area contributed by atoms with Crippen molar-refractivity contribution in [3.63, 3.8) is 0 Å². The molecular formula is C16H18N2O6. The standard InChI is InChI=1S/C16H18N2O6/c1-9-7-18(15(23)17-14(9)22)16(10-5-3-2-4-6-10)13(21)12(20)11(8-19)24-16/h2-7,11-13,19-21H,8H2,1H3,(H,17,22,23)/t11-,12-,13-,16-/m1/s1. The Morgan fingerprint density at radius 2 is 1.92 bits per heavy atom. The first-order valence-electron chi connectivity index (χ1n) is 7.45. The molecule has 0 bridgehead atoms.